The summed E-state index contributed by atoms with van der Waals surface area (Å²) in [6.45, 7) is 10.8. The standard InChI is InChI=1S/C5H5.C4H10N.C4H9.2ClH.Ti/c1-2-4-5-3-1;1-4-5(2)3;1-4(2)3;;;/h1-3H,4H2;1,4H2,2-3H3;1-3H3;2*1H;/q3*-1;;;+2/p-2. The third kappa shape index (κ3) is 60.7. The molecule has 0 N–H and O–H groups in total. The van der Waals surface area contributed by atoms with E-state index in [4.69, 9.17) is 0 Å². The molecule has 1 nitrogen and oxygen atoms in total. The normalized spacial score (nSPS) is 10.1. The van der Waals surface area contributed by atoms with Crippen LogP contribution < -0.4 is 24.8 Å². The van der Waals surface area contributed by atoms with Gasteiger partial charge in [-0.05, 0) is 14.1 Å². The van der Waals surface area contributed by atoms with Gasteiger partial charge in [0.25, 0.3) is 0 Å². The molecule has 0 amide bonds. The largest absolute Gasteiger partial charge is 2.00 e. The first kappa shape index (κ1) is 30.6. The minimum Gasteiger partial charge on any atom is -1.00 e. The maximum absolute atomic E-state index is 3.61. The second kappa shape index (κ2) is 25.5. The van der Waals surface area contributed by atoms with Gasteiger partial charge in [-0.1, -0.05) is 0 Å². The summed E-state index contributed by atoms with van der Waals surface area (Å²) in [6, 6.07) is 0. The van der Waals surface area contributed by atoms with Gasteiger partial charge in [0.2, 0.25) is 0 Å². The number of rotatable bonds is 1. The summed E-state index contributed by atoms with van der Waals surface area (Å²) in [5.41, 5.74) is 0. The summed E-state index contributed by atoms with van der Waals surface area (Å²) in [5.74, 6) is 1.42. The van der Waals surface area contributed by atoms with Crippen LogP contribution in [0.2, 0.25) is 0 Å². The smallest absolute Gasteiger partial charge is 1.00 e. The van der Waals surface area contributed by atoms with Crippen LogP contribution in [-0.2, 0) is 21.7 Å². The van der Waals surface area contributed by atoms with E-state index in [1.165, 1.54) is 5.92 Å². The van der Waals surface area contributed by atoms with Gasteiger partial charge in [-0.2, -0.15) is 26.8 Å². The van der Waals surface area contributed by atoms with Crippen molar-refractivity contribution in [3.63, 3.8) is 0 Å². The molecule has 1 aliphatic rings. The molecule has 0 unspecified atom stereocenters. The first-order valence-corrected chi connectivity index (χ1v) is 4.93. The Labute approximate surface area is 136 Å². The number of hydrogen-bond acceptors (Lipinski definition) is 1. The van der Waals surface area contributed by atoms with Crippen LogP contribution in [0.3, 0.4) is 0 Å². The van der Waals surface area contributed by atoms with E-state index < -0.39 is 0 Å². The summed E-state index contributed by atoms with van der Waals surface area (Å²) in [5, 5.41) is 0. The molecule has 0 bridgehead atoms. The van der Waals surface area contributed by atoms with Gasteiger partial charge < -0.3 is 42.6 Å². The molecule has 0 aromatic rings. The molecule has 1 aliphatic carbocycles. The van der Waals surface area contributed by atoms with Crippen LogP contribution in [0.5, 0.6) is 0 Å². The van der Waals surface area contributed by atoms with Gasteiger partial charge >= 0.3 is 21.7 Å². The van der Waals surface area contributed by atoms with E-state index in [2.05, 4.69) is 39.8 Å². The molecular weight excluding hydrogens is 289 g/mol. The van der Waals surface area contributed by atoms with Crippen LogP contribution in [0.25, 0.3) is 0 Å². The van der Waals surface area contributed by atoms with Gasteiger partial charge in [0.1, 0.15) is 0 Å². The number of hydrogen-bond donors (Lipinski definition) is 0. The summed E-state index contributed by atoms with van der Waals surface area (Å²) in [7, 11) is 3.99. The molecule has 0 aliphatic heterocycles. The zero-order valence-corrected chi connectivity index (χ0v) is 14.6. The van der Waals surface area contributed by atoms with E-state index >= 15 is 0 Å². The van der Waals surface area contributed by atoms with Crippen LogP contribution in [0.1, 0.15) is 27.2 Å². The van der Waals surface area contributed by atoms with Crippen LogP contribution >= 0.6 is 0 Å². The predicted molar refractivity (Wildman–Crippen MR) is 65.7 cm³/mol. The molecule has 0 saturated carbocycles. The first-order chi connectivity index (χ1) is 6.50. The summed E-state index contributed by atoms with van der Waals surface area (Å²) in [6.07, 6.45) is 10.0. The first-order valence-electron chi connectivity index (χ1n) is 4.93. The fraction of sp³-hybridized carbons (Fsp3) is 0.538. The predicted octanol–water partition coefficient (Wildman–Crippen LogP) is -2.69. The zero-order valence-electron chi connectivity index (χ0n) is 11.6. The van der Waals surface area contributed by atoms with Gasteiger partial charge in [-0.3, -0.25) is 6.08 Å². The van der Waals surface area contributed by atoms with E-state index in [0.717, 1.165) is 13.0 Å². The van der Waals surface area contributed by atoms with Crippen LogP contribution in [0.15, 0.2) is 18.2 Å². The Bertz CT molecular complexity index is 145. The number of allylic oxidation sites excluding steroid dienone is 4. The topological polar surface area (TPSA) is 3.24 Å². The zero-order chi connectivity index (χ0) is 11.4. The van der Waals surface area contributed by atoms with Crippen molar-refractivity contribution in [3.05, 3.63) is 37.1 Å². The minimum atomic E-state index is 0. The Balaban J connectivity index is -0.0000000392. The summed E-state index contributed by atoms with van der Waals surface area (Å²) < 4.78 is 0. The molecule has 0 aromatic heterocycles. The van der Waals surface area contributed by atoms with E-state index in [0.29, 0.717) is 0 Å². The quantitative estimate of drug-likeness (QED) is 0.377. The molecule has 0 aromatic carbocycles. The van der Waals surface area contributed by atoms with Crippen molar-refractivity contribution >= 4 is 0 Å². The maximum Gasteiger partial charge on any atom is 2.00 e. The molecule has 0 heterocycles. The van der Waals surface area contributed by atoms with E-state index in [9.17, 15) is 0 Å². The molecule has 0 radical (unpaired) electrons. The van der Waals surface area contributed by atoms with E-state index in [1.54, 1.807) is 0 Å². The second-order valence-corrected chi connectivity index (χ2v) is 3.81. The Hall–Kier alpha value is 0.734. The Morgan fingerprint density at radius 3 is 1.65 bits per heavy atom. The molecule has 0 spiro atoms. The number of nitrogens with zero attached hydrogens (tertiary/aromatic N) is 1. The average Bonchev–Trinajstić information content (AvgIpc) is 2.59. The SMILES string of the molecule is C[C-](C)C.[C-]1=CC=CC1.[CH2-]CN(C)C.[Cl-].[Cl-].[Ti+2]. The van der Waals surface area contributed by atoms with E-state index in [1.807, 2.05) is 31.1 Å². The Morgan fingerprint density at radius 2 is 1.59 bits per heavy atom. The van der Waals surface area contributed by atoms with Crippen molar-refractivity contribution in [2.24, 2.45) is 0 Å². The monoisotopic (exact) mass is 312 g/mol. The third-order valence-electron chi connectivity index (χ3n) is 1.03. The Morgan fingerprint density at radius 1 is 1.24 bits per heavy atom. The Kier molecular flexibility index (Phi) is 46.0. The van der Waals surface area contributed by atoms with Crippen molar-refractivity contribution in [2.75, 3.05) is 20.6 Å². The van der Waals surface area contributed by atoms with Crippen molar-refractivity contribution in [1.82, 2.24) is 4.90 Å². The van der Waals surface area contributed by atoms with Gasteiger partial charge in [0.15, 0.2) is 0 Å². The van der Waals surface area contributed by atoms with Crippen molar-refractivity contribution in [3.8, 4) is 0 Å². The maximum atomic E-state index is 3.61. The molecule has 0 atom stereocenters. The molecule has 0 saturated heterocycles. The fourth-order valence-electron chi connectivity index (χ4n) is 0.340. The van der Waals surface area contributed by atoms with Gasteiger partial charge in [-0.25, -0.2) is 12.2 Å². The van der Waals surface area contributed by atoms with Gasteiger partial charge in [0.05, 0.1) is 0 Å². The van der Waals surface area contributed by atoms with Crippen LogP contribution in [0, 0.1) is 18.9 Å². The van der Waals surface area contributed by atoms with Gasteiger partial charge in [0, 0.05) is 0 Å². The number of halogens is 2. The summed E-state index contributed by atoms with van der Waals surface area (Å²) in [4.78, 5) is 2.01. The fourth-order valence-corrected chi connectivity index (χ4v) is 0.340. The van der Waals surface area contributed by atoms with Gasteiger partial charge in [-0.15, -0.1) is 13.0 Å². The average molecular weight is 313 g/mol. The molecular formula is C13H24Cl2NTi-3. The third-order valence-corrected chi connectivity index (χ3v) is 1.03. The van der Waals surface area contributed by atoms with Crippen molar-refractivity contribution in [1.29, 1.82) is 0 Å². The summed E-state index contributed by atoms with van der Waals surface area (Å²) >= 11 is 0. The molecule has 1 rings (SSSR count). The van der Waals surface area contributed by atoms with Crippen molar-refractivity contribution in [2.45, 2.75) is 27.2 Å². The molecule has 102 valence electrons. The van der Waals surface area contributed by atoms with Crippen molar-refractivity contribution < 1.29 is 46.5 Å². The van der Waals surface area contributed by atoms with E-state index in [-0.39, 0.29) is 46.5 Å². The van der Waals surface area contributed by atoms with Crippen LogP contribution in [-0.4, -0.2) is 25.5 Å². The van der Waals surface area contributed by atoms with Crippen LogP contribution in [0.4, 0.5) is 0 Å². The minimum absolute atomic E-state index is 0. The second-order valence-electron chi connectivity index (χ2n) is 3.81. The molecule has 0 fully saturated rings. The molecule has 17 heavy (non-hydrogen) atoms. The molecule has 4 heteroatoms.